The van der Waals surface area contributed by atoms with Crippen LogP contribution in [0.4, 0.5) is 0 Å². The first kappa shape index (κ1) is 24.2. The molecular formula is C28H28N2O5S. The largest absolute Gasteiger partial charge is 0.487 e. The number of carboxylic acids is 1. The molecule has 5 rings (SSSR count). The topological polar surface area (TPSA) is 88.8 Å². The Morgan fingerprint density at radius 1 is 1.11 bits per heavy atom. The number of hydrogen-bond donors (Lipinski definition) is 1. The van der Waals surface area contributed by atoms with Crippen LogP contribution in [-0.2, 0) is 5.75 Å². The zero-order valence-electron chi connectivity index (χ0n) is 20.3. The van der Waals surface area contributed by atoms with Crippen molar-refractivity contribution < 1.29 is 19.4 Å². The molecule has 0 bridgehead atoms. The van der Waals surface area contributed by atoms with Gasteiger partial charge in [-0.1, -0.05) is 55.8 Å². The molecule has 0 radical (unpaired) electrons. The summed E-state index contributed by atoms with van der Waals surface area (Å²) in [5.41, 5.74) is 2.42. The van der Waals surface area contributed by atoms with Crippen molar-refractivity contribution in [3.05, 3.63) is 92.9 Å². The lowest BCUT2D eigenvalue weighted by Crippen LogP contribution is -2.45. The fourth-order valence-corrected chi connectivity index (χ4v) is 6.27. The number of nitrogens with zero attached hydrogens (tertiary/aromatic N) is 2. The van der Waals surface area contributed by atoms with Crippen LogP contribution in [0.2, 0.25) is 0 Å². The third-order valence-electron chi connectivity index (χ3n) is 6.95. The van der Waals surface area contributed by atoms with Gasteiger partial charge in [0.25, 0.3) is 5.91 Å². The molecule has 8 heteroatoms. The third kappa shape index (κ3) is 4.09. The lowest BCUT2D eigenvalue weighted by atomic mass is 9.81. The van der Waals surface area contributed by atoms with Gasteiger partial charge in [0.15, 0.2) is 11.4 Å². The summed E-state index contributed by atoms with van der Waals surface area (Å²) in [4.78, 5) is 41.5. The zero-order valence-corrected chi connectivity index (χ0v) is 21.1. The van der Waals surface area contributed by atoms with Crippen molar-refractivity contribution in [2.24, 2.45) is 0 Å². The van der Waals surface area contributed by atoms with Crippen molar-refractivity contribution in [2.45, 2.75) is 42.4 Å². The number of carbonyl (C=O) groups excluding carboxylic acids is 1. The Bertz CT molecular complexity index is 1350. The van der Waals surface area contributed by atoms with Crippen LogP contribution in [0.5, 0.6) is 5.75 Å². The van der Waals surface area contributed by atoms with Crippen molar-refractivity contribution in [3.63, 3.8) is 0 Å². The van der Waals surface area contributed by atoms with E-state index in [1.807, 2.05) is 31.2 Å². The van der Waals surface area contributed by atoms with E-state index in [0.29, 0.717) is 13.0 Å². The van der Waals surface area contributed by atoms with Gasteiger partial charge in [0, 0.05) is 36.4 Å². The fraction of sp³-hybridized carbons (Fsp3) is 0.321. The first-order valence-electron chi connectivity index (χ1n) is 12.1. The standard InChI is InChI=1S/C28H28N2O5S/c1-3-4-13-35-26-24-27(32)29(2)15-21(30(24)14-20(25(26)31)28(33)34)23-18-10-6-5-9-17(18)16-36-22-12-8-7-11-19(22)23/h5-12,14,21,23H,3-4,13,15-16H2,1-2H3,(H,33,34)/t21-,23?/m1/s1. The number of pyridine rings is 1. The van der Waals surface area contributed by atoms with Crippen LogP contribution >= 0.6 is 11.8 Å². The monoisotopic (exact) mass is 504 g/mol. The molecule has 0 spiro atoms. The minimum absolute atomic E-state index is 0.117. The number of thioether (sulfide) groups is 1. The maximum Gasteiger partial charge on any atom is 0.341 e. The second-order valence-corrected chi connectivity index (χ2v) is 10.2. The number of fused-ring (bicyclic) bond motifs is 3. The van der Waals surface area contributed by atoms with Crippen LogP contribution in [-0.4, -0.2) is 46.6 Å². The summed E-state index contributed by atoms with van der Waals surface area (Å²) in [5.74, 6) is -1.20. The summed E-state index contributed by atoms with van der Waals surface area (Å²) < 4.78 is 7.53. The summed E-state index contributed by atoms with van der Waals surface area (Å²) >= 11 is 1.77. The number of aromatic carboxylic acids is 1. The van der Waals surface area contributed by atoms with Crippen molar-refractivity contribution in [1.29, 1.82) is 0 Å². The Hall–Kier alpha value is -3.52. The lowest BCUT2D eigenvalue weighted by Gasteiger charge is -2.39. The lowest BCUT2D eigenvalue weighted by molar-refractivity contribution is 0.0668. The van der Waals surface area contributed by atoms with E-state index in [0.717, 1.165) is 28.2 Å². The molecule has 186 valence electrons. The molecule has 1 N–H and O–H groups in total. The Balaban J connectivity index is 1.78. The van der Waals surface area contributed by atoms with Crippen molar-refractivity contribution in [1.82, 2.24) is 9.47 Å². The smallest absolute Gasteiger partial charge is 0.341 e. The highest BCUT2D eigenvalue weighted by molar-refractivity contribution is 7.98. The van der Waals surface area contributed by atoms with Gasteiger partial charge < -0.3 is 19.3 Å². The number of carboxylic acid groups (broad SMARTS) is 1. The predicted molar refractivity (Wildman–Crippen MR) is 138 cm³/mol. The van der Waals surface area contributed by atoms with Crippen molar-refractivity contribution >= 4 is 23.6 Å². The van der Waals surface area contributed by atoms with Gasteiger partial charge >= 0.3 is 5.97 Å². The minimum atomic E-state index is -1.34. The van der Waals surface area contributed by atoms with Crippen molar-refractivity contribution in [2.75, 3.05) is 20.2 Å². The van der Waals surface area contributed by atoms with Crippen LogP contribution in [0.15, 0.2) is 64.4 Å². The van der Waals surface area contributed by atoms with Gasteiger partial charge in [0.1, 0.15) is 5.56 Å². The van der Waals surface area contributed by atoms with Crippen LogP contribution in [0.25, 0.3) is 0 Å². The number of amides is 1. The highest BCUT2D eigenvalue weighted by Crippen LogP contribution is 2.47. The molecule has 3 heterocycles. The molecule has 0 fully saturated rings. The van der Waals surface area contributed by atoms with Crippen LogP contribution in [0.1, 0.15) is 69.3 Å². The normalized spacial score (nSPS) is 18.6. The molecular weight excluding hydrogens is 476 g/mol. The fourth-order valence-electron chi connectivity index (χ4n) is 5.16. The van der Waals surface area contributed by atoms with Gasteiger partial charge in [0.2, 0.25) is 5.43 Å². The maximum atomic E-state index is 13.4. The molecule has 0 aliphatic carbocycles. The first-order valence-corrected chi connectivity index (χ1v) is 13.1. The molecule has 2 aliphatic rings. The SMILES string of the molecule is CCCCOc1c2n(cc(C(=O)O)c1=O)[C@@H](C1c3ccccc3CSc3ccccc31)CN(C)C2=O. The van der Waals surface area contributed by atoms with Crippen LogP contribution in [0, 0.1) is 0 Å². The molecule has 3 aromatic rings. The molecule has 36 heavy (non-hydrogen) atoms. The van der Waals surface area contributed by atoms with Gasteiger partial charge in [-0.3, -0.25) is 9.59 Å². The molecule has 2 aromatic carbocycles. The molecule has 2 aliphatic heterocycles. The average Bonchev–Trinajstić information content (AvgIpc) is 3.04. The first-order chi connectivity index (χ1) is 17.4. The second kappa shape index (κ2) is 9.85. The van der Waals surface area contributed by atoms with E-state index in [9.17, 15) is 19.5 Å². The maximum absolute atomic E-state index is 13.4. The van der Waals surface area contributed by atoms with E-state index in [4.69, 9.17) is 4.74 Å². The van der Waals surface area contributed by atoms with Gasteiger partial charge in [0.05, 0.1) is 12.6 Å². The van der Waals surface area contributed by atoms with E-state index >= 15 is 0 Å². The molecule has 2 atom stereocenters. The number of likely N-dealkylation sites (N-methyl/N-ethyl adjacent to an activating group) is 1. The van der Waals surface area contributed by atoms with Crippen LogP contribution < -0.4 is 10.2 Å². The minimum Gasteiger partial charge on any atom is -0.487 e. The van der Waals surface area contributed by atoms with Gasteiger partial charge in [-0.2, -0.15) is 0 Å². The average molecular weight is 505 g/mol. The number of unbranched alkanes of at least 4 members (excludes halogenated alkanes) is 1. The van der Waals surface area contributed by atoms with Gasteiger partial charge in [-0.05, 0) is 29.2 Å². The van der Waals surface area contributed by atoms with E-state index in [-0.39, 0.29) is 35.9 Å². The molecule has 1 amide bonds. The number of ether oxygens (including phenoxy) is 1. The Labute approximate surface area is 213 Å². The third-order valence-corrected chi connectivity index (χ3v) is 8.08. The molecule has 0 saturated heterocycles. The van der Waals surface area contributed by atoms with E-state index in [1.165, 1.54) is 11.8 Å². The second-order valence-electron chi connectivity index (χ2n) is 9.22. The Morgan fingerprint density at radius 3 is 2.58 bits per heavy atom. The summed E-state index contributed by atoms with van der Waals surface area (Å²) in [7, 11) is 1.72. The zero-order chi connectivity index (χ0) is 25.4. The highest BCUT2D eigenvalue weighted by Gasteiger charge is 2.40. The molecule has 7 nitrogen and oxygen atoms in total. The van der Waals surface area contributed by atoms with E-state index < -0.39 is 17.0 Å². The number of aromatic nitrogens is 1. The highest BCUT2D eigenvalue weighted by atomic mass is 32.2. The predicted octanol–water partition coefficient (Wildman–Crippen LogP) is 4.79. The van der Waals surface area contributed by atoms with Crippen LogP contribution in [0.3, 0.4) is 0 Å². The Kier molecular flexibility index (Phi) is 6.62. The number of hydrogen-bond acceptors (Lipinski definition) is 5. The number of rotatable bonds is 6. The van der Waals surface area contributed by atoms with Gasteiger partial charge in [-0.25, -0.2) is 4.79 Å². The summed E-state index contributed by atoms with van der Waals surface area (Å²) in [6, 6.07) is 16.2. The quantitative estimate of drug-likeness (QED) is 0.486. The summed E-state index contributed by atoms with van der Waals surface area (Å²) in [5, 5.41) is 9.87. The number of carbonyl (C=O) groups is 2. The van der Waals surface area contributed by atoms with E-state index in [1.54, 1.807) is 28.3 Å². The Morgan fingerprint density at radius 2 is 1.83 bits per heavy atom. The molecule has 1 aromatic heterocycles. The molecule has 0 saturated carbocycles. The number of benzene rings is 2. The summed E-state index contributed by atoms with van der Waals surface area (Å²) in [6.07, 6.45) is 2.86. The van der Waals surface area contributed by atoms with E-state index in [2.05, 4.69) is 24.3 Å². The summed E-state index contributed by atoms with van der Waals surface area (Å²) in [6.45, 7) is 2.59. The van der Waals surface area contributed by atoms with Gasteiger partial charge in [-0.15, -0.1) is 11.8 Å². The van der Waals surface area contributed by atoms with Crippen molar-refractivity contribution in [3.8, 4) is 5.75 Å². The molecule has 1 unspecified atom stereocenters.